The molecule has 2 aromatic rings. The molecule has 0 aliphatic heterocycles. The molecular formula is C13H13N3O3S. The summed E-state index contributed by atoms with van der Waals surface area (Å²) in [6, 6.07) is 9.97. The van der Waals surface area contributed by atoms with E-state index in [1.807, 2.05) is 16.3 Å². The van der Waals surface area contributed by atoms with Crippen LogP contribution in [0.15, 0.2) is 53.7 Å². The predicted octanol–water partition coefficient (Wildman–Crippen LogP) is 1.08. The van der Waals surface area contributed by atoms with Crippen LogP contribution in [-0.4, -0.2) is 19.3 Å². The van der Waals surface area contributed by atoms with Gasteiger partial charge in [0.15, 0.2) is 0 Å². The quantitative estimate of drug-likeness (QED) is 0.825. The van der Waals surface area contributed by atoms with Crippen molar-refractivity contribution in [1.82, 2.24) is 15.2 Å². The molecule has 0 aliphatic carbocycles. The van der Waals surface area contributed by atoms with Crippen molar-refractivity contribution in [3.8, 4) is 11.1 Å². The molecule has 0 fully saturated rings. The lowest BCUT2D eigenvalue weighted by Crippen LogP contribution is -2.40. The number of hydrogen-bond donors (Lipinski definition) is 2. The van der Waals surface area contributed by atoms with Crippen molar-refractivity contribution in [3.63, 3.8) is 0 Å². The van der Waals surface area contributed by atoms with Crippen LogP contribution in [0.1, 0.15) is 6.92 Å². The van der Waals surface area contributed by atoms with Crippen LogP contribution >= 0.6 is 0 Å². The molecule has 0 unspecified atom stereocenters. The first-order valence-electron chi connectivity index (χ1n) is 5.78. The molecule has 2 N–H and O–H groups in total. The normalized spacial score (nSPS) is 11.1. The molecule has 0 saturated heterocycles. The zero-order valence-corrected chi connectivity index (χ0v) is 11.5. The standard InChI is InChI=1S/C13H13N3O3S/c1-10(17)15-16-20(18,19)13-6-4-11(5-7-13)12-3-2-8-14-9-12/h2-9,16H,1H3,(H,15,17). The monoisotopic (exact) mass is 291 g/mol. The number of carbonyl (C=O) groups excluding carboxylic acids is 1. The molecule has 0 atom stereocenters. The van der Waals surface area contributed by atoms with Gasteiger partial charge >= 0.3 is 0 Å². The SMILES string of the molecule is CC(=O)NNS(=O)(=O)c1ccc(-c2cccnc2)cc1. The van der Waals surface area contributed by atoms with E-state index in [9.17, 15) is 13.2 Å². The van der Waals surface area contributed by atoms with Crippen molar-refractivity contribution in [2.45, 2.75) is 11.8 Å². The molecule has 0 saturated carbocycles. The molecule has 1 amide bonds. The van der Waals surface area contributed by atoms with E-state index in [4.69, 9.17) is 0 Å². The van der Waals surface area contributed by atoms with Gasteiger partial charge in [0, 0.05) is 19.3 Å². The number of benzene rings is 1. The Balaban J connectivity index is 2.22. The van der Waals surface area contributed by atoms with Crippen molar-refractivity contribution in [2.75, 3.05) is 0 Å². The van der Waals surface area contributed by atoms with E-state index in [-0.39, 0.29) is 4.90 Å². The smallest absolute Gasteiger partial charge is 0.257 e. The Hall–Kier alpha value is -2.25. The molecule has 2 rings (SSSR count). The fraction of sp³-hybridized carbons (Fsp3) is 0.0769. The van der Waals surface area contributed by atoms with Crippen molar-refractivity contribution in [1.29, 1.82) is 0 Å². The first-order chi connectivity index (χ1) is 9.49. The average molecular weight is 291 g/mol. The minimum absolute atomic E-state index is 0.0684. The summed E-state index contributed by atoms with van der Waals surface area (Å²) in [5, 5.41) is 0. The molecule has 1 aromatic carbocycles. The highest BCUT2D eigenvalue weighted by atomic mass is 32.2. The third-order valence-corrected chi connectivity index (χ3v) is 3.78. The van der Waals surface area contributed by atoms with Gasteiger partial charge in [-0.05, 0) is 29.3 Å². The van der Waals surface area contributed by atoms with Crippen LogP contribution in [0.3, 0.4) is 0 Å². The largest absolute Gasteiger partial charge is 0.278 e. The van der Waals surface area contributed by atoms with E-state index in [1.165, 1.54) is 19.1 Å². The van der Waals surface area contributed by atoms with E-state index in [2.05, 4.69) is 4.98 Å². The number of nitrogens with zero attached hydrogens (tertiary/aromatic N) is 1. The Kier molecular flexibility index (Phi) is 4.11. The maximum Gasteiger partial charge on any atom is 0.257 e. The van der Waals surface area contributed by atoms with Gasteiger partial charge in [-0.3, -0.25) is 15.2 Å². The van der Waals surface area contributed by atoms with Gasteiger partial charge in [-0.2, -0.15) is 0 Å². The molecule has 1 aromatic heterocycles. The van der Waals surface area contributed by atoms with Crippen LogP contribution in [0.2, 0.25) is 0 Å². The third-order valence-electron chi connectivity index (χ3n) is 2.52. The van der Waals surface area contributed by atoms with Crippen LogP contribution < -0.4 is 10.3 Å². The number of nitrogens with one attached hydrogen (secondary N) is 2. The Morgan fingerprint density at radius 1 is 1.10 bits per heavy atom. The number of aromatic nitrogens is 1. The highest BCUT2D eigenvalue weighted by Crippen LogP contribution is 2.19. The van der Waals surface area contributed by atoms with Crippen LogP contribution in [-0.2, 0) is 14.8 Å². The van der Waals surface area contributed by atoms with E-state index in [1.54, 1.807) is 30.6 Å². The highest BCUT2D eigenvalue weighted by Gasteiger charge is 2.13. The first-order valence-corrected chi connectivity index (χ1v) is 7.26. The number of pyridine rings is 1. The zero-order chi connectivity index (χ0) is 14.6. The van der Waals surface area contributed by atoms with E-state index in [0.29, 0.717) is 0 Å². The summed E-state index contributed by atoms with van der Waals surface area (Å²) in [5.74, 6) is -0.486. The lowest BCUT2D eigenvalue weighted by Gasteiger charge is -2.07. The van der Waals surface area contributed by atoms with Gasteiger partial charge in [0.25, 0.3) is 10.0 Å². The Bertz CT molecular complexity index is 697. The van der Waals surface area contributed by atoms with Crippen LogP contribution in [0.5, 0.6) is 0 Å². The maximum atomic E-state index is 11.8. The summed E-state index contributed by atoms with van der Waals surface area (Å²) in [5.41, 5.74) is 3.80. The first kappa shape index (κ1) is 14.2. The van der Waals surface area contributed by atoms with Crippen molar-refractivity contribution >= 4 is 15.9 Å². The minimum atomic E-state index is -3.75. The molecule has 6 nitrogen and oxygen atoms in total. The van der Waals surface area contributed by atoms with Crippen molar-refractivity contribution < 1.29 is 13.2 Å². The van der Waals surface area contributed by atoms with E-state index < -0.39 is 15.9 Å². The molecule has 0 radical (unpaired) electrons. The minimum Gasteiger partial charge on any atom is -0.278 e. The molecule has 0 bridgehead atoms. The second-order valence-electron chi connectivity index (χ2n) is 4.05. The number of sulfonamides is 1. The molecule has 1 heterocycles. The number of hydrogen-bond acceptors (Lipinski definition) is 4. The van der Waals surface area contributed by atoms with Crippen molar-refractivity contribution in [2.24, 2.45) is 0 Å². The molecule has 7 heteroatoms. The lowest BCUT2D eigenvalue weighted by molar-refractivity contribution is -0.119. The van der Waals surface area contributed by atoms with Gasteiger partial charge in [-0.25, -0.2) is 8.42 Å². The molecule has 0 aliphatic rings. The van der Waals surface area contributed by atoms with E-state index >= 15 is 0 Å². The number of rotatable bonds is 4. The van der Waals surface area contributed by atoms with Gasteiger partial charge in [0.05, 0.1) is 4.90 Å². The van der Waals surface area contributed by atoms with E-state index in [0.717, 1.165) is 11.1 Å². The highest BCUT2D eigenvalue weighted by molar-refractivity contribution is 7.89. The molecule has 0 spiro atoms. The van der Waals surface area contributed by atoms with Gasteiger partial charge in [-0.15, -0.1) is 4.83 Å². The lowest BCUT2D eigenvalue weighted by atomic mass is 10.1. The predicted molar refractivity (Wildman–Crippen MR) is 73.8 cm³/mol. The van der Waals surface area contributed by atoms with Gasteiger partial charge in [0.2, 0.25) is 5.91 Å². The summed E-state index contributed by atoms with van der Waals surface area (Å²) in [6.07, 6.45) is 3.36. The number of amides is 1. The zero-order valence-electron chi connectivity index (χ0n) is 10.7. The molecule has 20 heavy (non-hydrogen) atoms. The Labute approximate surface area is 116 Å². The molecule has 104 valence electrons. The average Bonchev–Trinajstić information content (AvgIpc) is 2.46. The van der Waals surface area contributed by atoms with Crippen LogP contribution in [0.4, 0.5) is 0 Å². The van der Waals surface area contributed by atoms with Crippen LogP contribution in [0.25, 0.3) is 11.1 Å². The summed E-state index contributed by atoms with van der Waals surface area (Å²) in [6.45, 7) is 1.22. The van der Waals surface area contributed by atoms with Crippen molar-refractivity contribution in [3.05, 3.63) is 48.8 Å². The third kappa shape index (κ3) is 3.40. The van der Waals surface area contributed by atoms with Crippen LogP contribution in [0, 0.1) is 0 Å². The number of carbonyl (C=O) groups is 1. The summed E-state index contributed by atoms with van der Waals surface area (Å²) in [7, 11) is -3.75. The topological polar surface area (TPSA) is 88.2 Å². The van der Waals surface area contributed by atoms with Gasteiger partial charge in [0.1, 0.15) is 0 Å². The summed E-state index contributed by atoms with van der Waals surface area (Å²) in [4.78, 5) is 16.8. The molecular weight excluding hydrogens is 278 g/mol. The van der Waals surface area contributed by atoms with Gasteiger partial charge < -0.3 is 0 Å². The summed E-state index contributed by atoms with van der Waals surface area (Å²) < 4.78 is 23.7. The Morgan fingerprint density at radius 3 is 2.35 bits per heavy atom. The summed E-state index contributed by atoms with van der Waals surface area (Å²) >= 11 is 0. The van der Waals surface area contributed by atoms with Gasteiger partial charge in [-0.1, -0.05) is 18.2 Å². The second-order valence-corrected chi connectivity index (χ2v) is 5.74. The maximum absolute atomic E-state index is 11.8. The number of hydrazine groups is 1. The second kappa shape index (κ2) is 5.81. The Morgan fingerprint density at radius 2 is 1.80 bits per heavy atom. The fourth-order valence-corrected chi connectivity index (χ4v) is 2.45. The fourth-order valence-electron chi connectivity index (χ4n) is 1.56.